The van der Waals surface area contributed by atoms with E-state index in [1.807, 2.05) is 31.2 Å². The van der Waals surface area contributed by atoms with Gasteiger partial charge in [0.2, 0.25) is 0 Å². The average Bonchev–Trinajstić information content (AvgIpc) is 3.32. The Labute approximate surface area is 166 Å². The summed E-state index contributed by atoms with van der Waals surface area (Å²) in [6, 6.07) is 16.9. The Morgan fingerprint density at radius 1 is 1.14 bits per heavy atom. The van der Waals surface area contributed by atoms with Crippen LogP contribution in [-0.2, 0) is 13.2 Å². The van der Waals surface area contributed by atoms with Crippen molar-refractivity contribution < 1.29 is 18.3 Å². The summed E-state index contributed by atoms with van der Waals surface area (Å²) >= 11 is 0. The standard InChI is InChI=1S/C22H20FN3O3/c1-15-25-19-4-2-3-5-20(19)26(15)13-12-24-22(27)21-11-10-18(29-21)14-28-17-8-6-16(23)7-9-17/h2-11H,12-14H2,1H3,(H,24,27). The van der Waals surface area contributed by atoms with Crippen molar-refractivity contribution in [3.05, 3.63) is 83.8 Å². The van der Waals surface area contributed by atoms with Crippen molar-refractivity contribution in [1.82, 2.24) is 14.9 Å². The first-order valence-electron chi connectivity index (χ1n) is 9.27. The molecule has 148 valence electrons. The summed E-state index contributed by atoms with van der Waals surface area (Å²) in [7, 11) is 0. The molecule has 0 radical (unpaired) electrons. The van der Waals surface area contributed by atoms with Gasteiger partial charge in [0, 0.05) is 13.1 Å². The summed E-state index contributed by atoms with van der Waals surface area (Å²) in [5, 5.41) is 2.86. The Bertz CT molecular complexity index is 1130. The summed E-state index contributed by atoms with van der Waals surface area (Å²) in [5.41, 5.74) is 1.98. The van der Waals surface area contributed by atoms with Crippen molar-refractivity contribution in [3.63, 3.8) is 0 Å². The fourth-order valence-corrected chi connectivity index (χ4v) is 3.11. The molecule has 0 bridgehead atoms. The molecule has 29 heavy (non-hydrogen) atoms. The maximum absolute atomic E-state index is 12.9. The van der Waals surface area contributed by atoms with Gasteiger partial charge in [0.05, 0.1) is 11.0 Å². The number of furan rings is 1. The summed E-state index contributed by atoms with van der Waals surface area (Å²) < 4.78 is 26.0. The number of hydrogen-bond acceptors (Lipinski definition) is 4. The van der Waals surface area contributed by atoms with E-state index in [9.17, 15) is 9.18 Å². The number of ether oxygens (including phenoxy) is 1. The van der Waals surface area contributed by atoms with E-state index in [0.29, 0.717) is 24.6 Å². The van der Waals surface area contributed by atoms with Crippen LogP contribution in [0.4, 0.5) is 4.39 Å². The molecule has 2 heterocycles. The predicted molar refractivity (Wildman–Crippen MR) is 106 cm³/mol. The van der Waals surface area contributed by atoms with Crippen molar-refractivity contribution in [3.8, 4) is 5.75 Å². The monoisotopic (exact) mass is 393 g/mol. The van der Waals surface area contributed by atoms with Crippen molar-refractivity contribution >= 4 is 16.9 Å². The summed E-state index contributed by atoms with van der Waals surface area (Å²) in [4.78, 5) is 16.9. The highest BCUT2D eigenvalue weighted by molar-refractivity contribution is 5.91. The van der Waals surface area contributed by atoms with Crippen LogP contribution in [0.1, 0.15) is 22.1 Å². The smallest absolute Gasteiger partial charge is 0.287 e. The maximum atomic E-state index is 12.9. The Balaban J connectivity index is 1.31. The number of carbonyl (C=O) groups excluding carboxylic acids is 1. The number of aromatic nitrogens is 2. The zero-order valence-electron chi connectivity index (χ0n) is 15.9. The first-order valence-corrected chi connectivity index (χ1v) is 9.27. The Hall–Kier alpha value is -3.61. The van der Waals surface area contributed by atoms with E-state index < -0.39 is 0 Å². The quantitative estimate of drug-likeness (QED) is 0.514. The van der Waals surface area contributed by atoms with E-state index in [1.165, 1.54) is 24.3 Å². The van der Waals surface area contributed by atoms with Crippen molar-refractivity contribution in [1.29, 1.82) is 0 Å². The van der Waals surface area contributed by atoms with Crippen LogP contribution in [0, 0.1) is 12.7 Å². The fraction of sp³-hybridized carbons (Fsp3) is 0.182. The van der Waals surface area contributed by atoms with Crippen molar-refractivity contribution in [2.75, 3.05) is 6.54 Å². The normalized spacial score (nSPS) is 11.0. The zero-order chi connectivity index (χ0) is 20.2. The number of hydrogen-bond donors (Lipinski definition) is 1. The highest BCUT2D eigenvalue weighted by atomic mass is 19.1. The lowest BCUT2D eigenvalue weighted by molar-refractivity contribution is 0.0920. The van der Waals surface area contributed by atoms with Crippen LogP contribution in [0.15, 0.2) is 65.1 Å². The number of aryl methyl sites for hydroxylation is 1. The second kappa shape index (κ2) is 8.18. The highest BCUT2D eigenvalue weighted by Gasteiger charge is 2.12. The molecule has 6 nitrogen and oxygen atoms in total. The summed E-state index contributed by atoms with van der Waals surface area (Å²) in [6.45, 7) is 3.16. The van der Waals surface area contributed by atoms with Gasteiger partial charge < -0.3 is 19.0 Å². The van der Waals surface area contributed by atoms with E-state index in [2.05, 4.69) is 14.9 Å². The topological polar surface area (TPSA) is 69.3 Å². The number of halogens is 1. The first-order chi connectivity index (χ1) is 14.1. The number of nitrogens with zero attached hydrogens (tertiary/aromatic N) is 2. The number of amides is 1. The molecule has 0 aliphatic rings. The fourth-order valence-electron chi connectivity index (χ4n) is 3.11. The minimum atomic E-state index is -0.326. The summed E-state index contributed by atoms with van der Waals surface area (Å²) in [5.74, 6) is 1.54. The lowest BCUT2D eigenvalue weighted by Gasteiger charge is -2.08. The first kappa shape index (κ1) is 18.7. The lowest BCUT2D eigenvalue weighted by atomic mass is 10.3. The van der Waals surface area contributed by atoms with Crippen molar-refractivity contribution in [2.45, 2.75) is 20.1 Å². The number of imidazole rings is 1. The van der Waals surface area contributed by atoms with Crippen LogP contribution in [0.3, 0.4) is 0 Å². The number of benzene rings is 2. The SMILES string of the molecule is Cc1nc2ccccc2n1CCNC(=O)c1ccc(COc2ccc(F)cc2)o1. The van der Waals surface area contributed by atoms with Gasteiger partial charge in [-0.3, -0.25) is 4.79 Å². The molecular formula is C22H20FN3O3. The van der Waals surface area contributed by atoms with Gasteiger partial charge in [0.15, 0.2) is 5.76 Å². The molecule has 0 aliphatic carbocycles. The highest BCUT2D eigenvalue weighted by Crippen LogP contribution is 2.16. The van der Waals surface area contributed by atoms with Crippen LogP contribution in [-0.4, -0.2) is 22.0 Å². The van der Waals surface area contributed by atoms with Gasteiger partial charge in [0.25, 0.3) is 5.91 Å². The Morgan fingerprint density at radius 2 is 1.93 bits per heavy atom. The predicted octanol–water partition coefficient (Wildman–Crippen LogP) is 4.09. The number of carbonyl (C=O) groups is 1. The van der Waals surface area contributed by atoms with Crippen molar-refractivity contribution in [2.24, 2.45) is 0 Å². The summed E-state index contributed by atoms with van der Waals surface area (Å²) in [6.07, 6.45) is 0. The lowest BCUT2D eigenvalue weighted by Crippen LogP contribution is -2.27. The maximum Gasteiger partial charge on any atom is 0.287 e. The third-order valence-electron chi connectivity index (χ3n) is 4.55. The Morgan fingerprint density at radius 3 is 2.76 bits per heavy atom. The molecule has 0 atom stereocenters. The van der Waals surface area contributed by atoms with Gasteiger partial charge in [-0.1, -0.05) is 12.1 Å². The van der Waals surface area contributed by atoms with E-state index in [-0.39, 0.29) is 24.1 Å². The molecule has 1 N–H and O–H groups in total. The molecule has 1 amide bonds. The molecule has 0 aliphatic heterocycles. The molecule has 2 aromatic carbocycles. The second-order valence-corrected chi connectivity index (χ2v) is 6.56. The van der Waals surface area contributed by atoms with Crippen LogP contribution < -0.4 is 10.1 Å². The second-order valence-electron chi connectivity index (χ2n) is 6.56. The minimum absolute atomic E-state index is 0.152. The van der Waals surface area contributed by atoms with Gasteiger partial charge >= 0.3 is 0 Å². The number of para-hydroxylation sites is 2. The van der Waals surface area contributed by atoms with Crippen LogP contribution in [0.5, 0.6) is 5.75 Å². The van der Waals surface area contributed by atoms with E-state index in [4.69, 9.17) is 9.15 Å². The molecule has 0 saturated carbocycles. The van der Waals surface area contributed by atoms with Crippen LogP contribution in [0.2, 0.25) is 0 Å². The third-order valence-corrected chi connectivity index (χ3v) is 4.55. The average molecular weight is 393 g/mol. The molecule has 0 saturated heterocycles. The molecule has 4 rings (SSSR count). The molecule has 0 spiro atoms. The molecule has 2 aromatic heterocycles. The number of nitrogens with one attached hydrogen (secondary N) is 1. The van der Waals surface area contributed by atoms with Crippen LogP contribution in [0.25, 0.3) is 11.0 Å². The van der Waals surface area contributed by atoms with Gasteiger partial charge in [-0.05, 0) is 55.5 Å². The largest absolute Gasteiger partial charge is 0.486 e. The van der Waals surface area contributed by atoms with Gasteiger partial charge in [-0.15, -0.1) is 0 Å². The number of fused-ring (bicyclic) bond motifs is 1. The molecule has 0 unspecified atom stereocenters. The molecule has 0 fully saturated rings. The van der Waals surface area contributed by atoms with Gasteiger partial charge in [-0.25, -0.2) is 9.37 Å². The van der Waals surface area contributed by atoms with Gasteiger partial charge in [0.1, 0.15) is 29.8 Å². The Kier molecular flexibility index (Phi) is 5.29. The zero-order valence-corrected chi connectivity index (χ0v) is 15.9. The van der Waals surface area contributed by atoms with E-state index in [1.54, 1.807) is 12.1 Å². The minimum Gasteiger partial charge on any atom is -0.486 e. The molecular weight excluding hydrogens is 373 g/mol. The number of rotatable bonds is 7. The van der Waals surface area contributed by atoms with E-state index in [0.717, 1.165) is 16.9 Å². The molecule has 7 heteroatoms. The molecule has 4 aromatic rings. The third kappa shape index (κ3) is 4.29. The van der Waals surface area contributed by atoms with E-state index >= 15 is 0 Å². The van der Waals surface area contributed by atoms with Crippen LogP contribution >= 0.6 is 0 Å². The van der Waals surface area contributed by atoms with Gasteiger partial charge in [-0.2, -0.15) is 0 Å².